The van der Waals surface area contributed by atoms with Crippen molar-refractivity contribution in [3.63, 3.8) is 0 Å². The van der Waals surface area contributed by atoms with Gasteiger partial charge in [-0.15, -0.1) is 0 Å². The van der Waals surface area contributed by atoms with Crippen LogP contribution >= 0.6 is 0 Å². The van der Waals surface area contributed by atoms with Crippen LogP contribution in [0.3, 0.4) is 0 Å². The normalized spacial score (nSPS) is 13.0. The van der Waals surface area contributed by atoms with Crippen LogP contribution < -0.4 is 10.2 Å². The van der Waals surface area contributed by atoms with Gasteiger partial charge in [-0.25, -0.2) is 13.8 Å². The van der Waals surface area contributed by atoms with E-state index in [1.807, 2.05) is 18.7 Å². The number of anilines is 3. The van der Waals surface area contributed by atoms with E-state index in [2.05, 4.69) is 10.3 Å². The average molecular weight is 388 g/mol. The monoisotopic (exact) mass is 388 g/mol. The summed E-state index contributed by atoms with van der Waals surface area (Å²) < 4.78 is 27.8. The molecule has 0 fully saturated rings. The van der Waals surface area contributed by atoms with Crippen LogP contribution in [0.1, 0.15) is 37.0 Å². The fraction of sp³-hybridized carbons (Fsp3) is 0.350. The number of aromatic nitrogens is 1. The summed E-state index contributed by atoms with van der Waals surface area (Å²) in [7, 11) is 0. The van der Waals surface area contributed by atoms with E-state index >= 15 is 0 Å². The van der Waals surface area contributed by atoms with Gasteiger partial charge >= 0.3 is 0 Å². The summed E-state index contributed by atoms with van der Waals surface area (Å²) in [5.74, 6) is -3.02. The Morgan fingerprint density at radius 2 is 1.86 bits per heavy atom. The van der Waals surface area contributed by atoms with Crippen LogP contribution in [-0.2, 0) is 4.79 Å². The molecule has 2 amide bonds. The zero-order valence-corrected chi connectivity index (χ0v) is 15.8. The van der Waals surface area contributed by atoms with E-state index in [1.54, 1.807) is 6.07 Å². The second kappa shape index (κ2) is 8.43. The maximum Gasteiger partial charge on any atom is 0.259 e. The van der Waals surface area contributed by atoms with Crippen LogP contribution in [-0.4, -0.2) is 41.3 Å². The standard InChI is InChI=1S/C20H22F2N4O2/c1-3-8-25(9-4-2)12-18(27)26-17-11-15(22)14(21)10-16(17)24-20(28)13-6-5-7-23-19(13)26/h5-7,10-11H,3-4,8-9,12H2,1-2H3,(H,24,28). The lowest BCUT2D eigenvalue weighted by molar-refractivity contribution is -0.119. The summed E-state index contributed by atoms with van der Waals surface area (Å²) in [5.41, 5.74) is 0.237. The molecule has 148 valence electrons. The highest BCUT2D eigenvalue weighted by molar-refractivity contribution is 6.17. The SMILES string of the molecule is CCCN(CCC)CC(=O)N1c2cc(F)c(F)cc2NC(=O)c2cccnc21. The van der Waals surface area contributed by atoms with E-state index < -0.39 is 17.5 Å². The lowest BCUT2D eigenvalue weighted by Gasteiger charge is -2.27. The van der Waals surface area contributed by atoms with Gasteiger partial charge in [0.15, 0.2) is 17.5 Å². The molecule has 0 spiro atoms. The molecule has 0 bridgehead atoms. The number of benzene rings is 1. The highest BCUT2D eigenvalue weighted by Gasteiger charge is 2.32. The number of halogens is 2. The lowest BCUT2D eigenvalue weighted by Crippen LogP contribution is -2.39. The number of carbonyl (C=O) groups excluding carboxylic acids is 2. The van der Waals surface area contributed by atoms with Crippen molar-refractivity contribution in [2.24, 2.45) is 0 Å². The van der Waals surface area contributed by atoms with Crippen LogP contribution in [0.25, 0.3) is 0 Å². The topological polar surface area (TPSA) is 65.5 Å². The number of pyridine rings is 1. The van der Waals surface area contributed by atoms with Gasteiger partial charge in [-0.1, -0.05) is 13.8 Å². The van der Waals surface area contributed by atoms with Crippen molar-refractivity contribution in [2.75, 3.05) is 29.9 Å². The van der Waals surface area contributed by atoms with E-state index in [-0.39, 0.29) is 35.2 Å². The molecule has 0 unspecified atom stereocenters. The summed E-state index contributed by atoms with van der Waals surface area (Å²) in [6.07, 6.45) is 3.20. The van der Waals surface area contributed by atoms with Gasteiger partial charge in [0.25, 0.3) is 5.91 Å². The van der Waals surface area contributed by atoms with E-state index in [1.165, 1.54) is 17.2 Å². The maximum atomic E-state index is 14.0. The van der Waals surface area contributed by atoms with Crippen molar-refractivity contribution in [2.45, 2.75) is 26.7 Å². The molecule has 3 rings (SSSR count). The summed E-state index contributed by atoms with van der Waals surface area (Å²) in [6.45, 7) is 5.57. The maximum absolute atomic E-state index is 14.0. The first kappa shape index (κ1) is 19.9. The molecule has 1 aromatic carbocycles. The van der Waals surface area contributed by atoms with Crippen LogP contribution in [0.5, 0.6) is 0 Å². The van der Waals surface area contributed by atoms with Gasteiger partial charge in [0.05, 0.1) is 23.5 Å². The van der Waals surface area contributed by atoms with Crippen molar-refractivity contribution in [3.8, 4) is 0 Å². The third kappa shape index (κ3) is 3.87. The Morgan fingerprint density at radius 1 is 1.18 bits per heavy atom. The number of carbonyl (C=O) groups is 2. The number of hydrogen-bond donors (Lipinski definition) is 1. The summed E-state index contributed by atoms with van der Waals surface area (Å²) in [6, 6.07) is 4.88. The minimum Gasteiger partial charge on any atom is -0.320 e. The minimum absolute atomic E-state index is 0.0211. The number of nitrogens with zero attached hydrogens (tertiary/aromatic N) is 3. The average Bonchev–Trinajstić information content (AvgIpc) is 2.77. The summed E-state index contributed by atoms with van der Waals surface area (Å²) in [5, 5.41) is 2.54. The lowest BCUT2D eigenvalue weighted by atomic mass is 10.2. The third-order valence-corrected chi connectivity index (χ3v) is 4.46. The van der Waals surface area contributed by atoms with Gasteiger partial charge in [0.1, 0.15) is 0 Å². The second-order valence-corrected chi connectivity index (χ2v) is 6.62. The molecule has 0 saturated heterocycles. The molecule has 1 aliphatic heterocycles. The predicted molar refractivity (Wildman–Crippen MR) is 103 cm³/mol. The van der Waals surface area contributed by atoms with Gasteiger partial charge < -0.3 is 5.32 Å². The molecule has 1 aliphatic rings. The first-order valence-corrected chi connectivity index (χ1v) is 9.27. The van der Waals surface area contributed by atoms with E-state index in [0.29, 0.717) is 0 Å². The zero-order valence-electron chi connectivity index (χ0n) is 15.8. The van der Waals surface area contributed by atoms with Crippen molar-refractivity contribution in [1.82, 2.24) is 9.88 Å². The van der Waals surface area contributed by atoms with Crippen LogP contribution in [0, 0.1) is 11.6 Å². The van der Waals surface area contributed by atoms with E-state index in [9.17, 15) is 18.4 Å². The summed E-state index contributed by atoms with van der Waals surface area (Å²) >= 11 is 0. The Kier molecular flexibility index (Phi) is 5.99. The molecule has 28 heavy (non-hydrogen) atoms. The zero-order chi connectivity index (χ0) is 20.3. The second-order valence-electron chi connectivity index (χ2n) is 6.62. The van der Waals surface area contributed by atoms with Gasteiger partial charge in [0.2, 0.25) is 5.91 Å². The Balaban J connectivity index is 2.10. The Bertz CT molecular complexity index is 898. The largest absolute Gasteiger partial charge is 0.320 e. The molecular formula is C20H22F2N4O2. The number of amides is 2. The van der Waals surface area contributed by atoms with Gasteiger partial charge in [-0.3, -0.25) is 19.4 Å². The number of nitrogens with one attached hydrogen (secondary N) is 1. The van der Waals surface area contributed by atoms with Crippen LogP contribution in [0.4, 0.5) is 26.0 Å². The summed E-state index contributed by atoms with van der Waals surface area (Å²) in [4.78, 5) is 33.2. The quantitative estimate of drug-likeness (QED) is 0.819. The van der Waals surface area contributed by atoms with Crippen molar-refractivity contribution in [3.05, 3.63) is 47.7 Å². The molecule has 0 atom stereocenters. The van der Waals surface area contributed by atoms with Gasteiger partial charge in [-0.05, 0) is 38.1 Å². The molecule has 2 aromatic rings. The number of hydrogen-bond acceptors (Lipinski definition) is 4. The Labute approximate surface area is 162 Å². The minimum atomic E-state index is -1.11. The number of fused-ring (bicyclic) bond motifs is 2. The van der Waals surface area contributed by atoms with Crippen molar-refractivity contribution in [1.29, 1.82) is 0 Å². The fourth-order valence-corrected chi connectivity index (χ4v) is 3.29. The molecule has 0 radical (unpaired) electrons. The van der Waals surface area contributed by atoms with E-state index in [4.69, 9.17) is 0 Å². The van der Waals surface area contributed by atoms with Crippen LogP contribution in [0.15, 0.2) is 30.5 Å². The molecule has 1 N–H and O–H groups in total. The first-order valence-electron chi connectivity index (χ1n) is 9.27. The third-order valence-electron chi connectivity index (χ3n) is 4.46. The highest BCUT2D eigenvalue weighted by atomic mass is 19.2. The Morgan fingerprint density at radius 3 is 2.54 bits per heavy atom. The smallest absolute Gasteiger partial charge is 0.259 e. The Hall–Kier alpha value is -2.87. The molecule has 0 saturated carbocycles. The highest BCUT2D eigenvalue weighted by Crippen LogP contribution is 2.38. The molecule has 6 nitrogen and oxygen atoms in total. The molecular weight excluding hydrogens is 366 g/mol. The molecule has 0 aliphatic carbocycles. The van der Waals surface area contributed by atoms with E-state index in [0.717, 1.165) is 38.1 Å². The predicted octanol–water partition coefficient (Wildman–Crippen LogP) is 3.71. The number of rotatable bonds is 6. The fourth-order valence-electron chi connectivity index (χ4n) is 3.29. The van der Waals surface area contributed by atoms with Gasteiger partial charge in [0, 0.05) is 18.3 Å². The first-order chi connectivity index (χ1) is 13.5. The molecule has 8 heteroatoms. The molecule has 2 heterocycles. The van der Waals surface area contributed by atoms with Gasteiger partial charge in [-0.2, -0.15) is 0 Å². The molecule has 1 aromatic heterocycles. The van der Waals surface area contributed by atoms with Crippen molar-refractivity contribution >= 4 is 29.0 Å². The van der Waals surface area contributed by atoms with Crippen LogP contribution in [0.2, 0.25) is 0 Å². The van der Waals surface area contributed by atoms with Crippen molar-refractivity contribution < 1.29 is 18.4 Å².